The van der Waals surface area contributed by atoms with Gasteiger partial charge in [-0.15, -0.1) is 0 Å². The number of hydrogen-bond acceptors (Lipinski definition) is 3. The van der Waals surface area contributed by atoms with Gasteiger partial charge >= 0.3 is 6.09 Å². The second-order valence-corrected chi connectivity index (χ2v) is 5.07. The zero-order valence-corrected chi connectivity index (χ0v) is 11.1. The first-order chi connectivity index (χ1) is 9.10. The zero-order chi connectivity index (χ0) is 13.8. The molecule has 1 aromatic carbocycles. The lowest BCUT2D eigenvalue weighted by Gasteiger charge is -2.38. The number of benzene rings is 1. The second kappa shape index (κ2) is 6.04. The van der Waals surface area contributed by atoms with E-state index in [1.54, 1.807) is 0 Å². The van der Waals surface area contributed by atoms with E-state index in [9.17, 15) is 9.90 Å². The molecule has 1 fully saturated rings. The maximum atomic E-state index is 11.2. The molecule has 1 atom stereocenters. The lowest BCUT2D eigenvalue weighted by Crippen LogP contribution is -2.54. The van der Waals surface area contributed by atoms with Crippen LogP contribution in [0.3, 0.4) is 0 Å². The van der Waals surface area contributed by atoms with Gasteiger partial charge in [-0.1, -0.05) is 24.3 Å². The highest BCUT2D eigenvalue weighted by atomic mass is 16.4. The van der Waals surface area contributed by atoms with E-state index in [0.717, 1.165) is 24.2 Å². The zero-order valence-electron chi connectivity index (χ0n) is 11.1. The van der Waals surface area contributed by atoms with E-state index in [2.05, 4.69) is 4.90 Å². The summed E-state index contributed by atoms with van der Waals surface area (Å²) in [6.07, 6.45) is -0.132. The molecule has 19 heavy (non-hydrogen) atoms. The summed E-state index contributed by atoms with van der Waals surface area (Å²) in [4.78, 5) is 14.9. The van der Waals surface area contributed by atoms with Gasteiger partial charge in [0.05, 0.1) is 12.6 Å². The van der Waals surface area contributed by atoms with Crippen LogP contribution in [0.25, 0.3) is 0 Å². The maximum Gasteiger partial charge on any atom is 0.407 e. The number of likely N-dealkylation sites (N-methyl/N-ethyl adjacent to an activating group) is 1. The monoisotopic (exact) mass is 264 g/mol. The van der Waals surface area contributed by atoms with Gasteiger partial charge in [0.1, 0.15) is 0 Å². The van der Waals surface area contributed by atoms with Crippen LogP contribution in [0.2, 0.25) is 0 Å². The van der Waals surface area contributed by atoms with E-state index in [1.807, 2.05) is 31.3 Å². The second-order valence-electron chi connectivity index (χ2n) is 5.07. The van der Waals surface area contributed by atoms with Crippen molar-refractivity contribution in [1.82, 2.24) is 9.80 Å². The van der Waals surface area contributed by atoms with Crippen molar-refractivity contribution >= 4 is 6.09 Å². The minimum absolute atomic E-state index is 0.00349. The molecule has 1 unspecified atom stereocenters. The first-order valence-electron chi connectivity index (χ1n) is 6.47. The van der Waals surface area contributed by atoms with Gasteiger partial charge in [0.2, 0.25) is 0 Å². The summed E-state index contributed by atoms with van der Waals surface area (Å²) in [5.74, 6) is 0. The van der Waals surface area contributed by atoms with Gasteiger partial charge in [-0.2, -0.15) is 0 Å². The van der Waals surface area contributed by atoms with Gasteiger partial charge in [-0.05, 0) is 24.6 Å². The molecule has 0 aliphatic carbocycles. The molecule has 0 spiro atoms. The molecule has 5 heteroatoms. The van der Waals surface area contributed by atoms with Crippen LogP contribution in [0, 0.1) is 0 Å². The quantitative estimate of drug-likeness (QED) is 0.855. The predicted molar refractivity (Wildman–Crippen MR) is 72.1 cm³/mol. The van der Waals surface area contributed by atoms with Crippen LogP contribution < -0.4 is 0 Å². The molecule has 0 bridgehead atoms. The van der Waals surface area contributed by atoms with Crippen LogP contribution >= 0.6 is 0 Å². The third kappa shape index (κ3) is 3.45. The number of aliphatic hydroxyl groups excluding tert-OH is 1. The Kier molecular flexibility index (Phi) is 4.39. The molecule has 0 aromatic heterocycles. The molecule has 1 aromatic rings. The third-order valence-corrected chi connectivity index (χ3v) is 3.61. The Bertz CT molecular complexity index is 433. The van der Waals surface area contributed by atoms with Crippen LogP contribution in [0.1, 0.15) is 11.1 Å². The maximum absolute atomic E-state index is 11.2. The standard InChI is InChI=1S/C14H20N2O3/c1-15-6-7-16(14(18)19)13(9-15)8-11-2-4-12(10-17)5-3-11/h2-5,13,17H,6-10H2,1H3,(H,18,19). The number of amides is 1. The Hall–Kier alpha value is -1.59. The summed E-state index contributed by atoms with van der Waals surface area (Å²) >= 11 is 0. The average Bonchev–Trinajstić information content (AvgIpc) is 2.39. The van der Waals surface area contributed by atoms with Crippen molar-refractivity contribution in [1.29, 1.82) is 0 Å². The largest absolute Gasteiger partial charge is 0.465 e. The van der Waals surface area contributed by atoms with Gasteiger partial charge < -0.3 is 20.0 Å². The summed E-state index contributed by atoms with van der Waals surface area (Å²) in [6, 6.07) is 7.68. The van der Waals surface area contributed by atoms with Crippen molar-refractivity contribution in [2.24, 2.45) is 0 Å². The summed E-state index contributed by atoms with van der Waals surface area (Å²) in [5, 5.41) is 18.2. The van der Waals surface area contributed by atoms with Gasteiger partial charge in [0.25, 0.3) is 0 Å². The van der Waals surface area contributed by atoms with Gasteiger partial charge in [0.15, 0.2) is 0 Å². The number of rotatable bonds is 3. The molecule has 1 aliphatic rings. The Morgan fingerprint density at radius 2 is 1.89 bits per heavy atom. The molecule has 104 valence electrons. The van der Waals surface area contributed by atoms with E-state index in [0.29, 0.717) is 13.0 Å². The van der Waals surface area contributed by atoms with Crippen molar-refractivity contribution in [3.8, 4) is 0 Å². The van der Waals surface area contributed by atoms with E-state index in [-0.39, 0.29) is 12.6 Å². The van der Waals surface area contributed by atoms with Crippen molar-refractivity contribution in [3.63, 3.8) is 0 Å². The van der Waals surface area contributed by atoms with Crippen molar-refractivity contribution < 1.29 is 15.0 Å². The lowest BCUT2D eigenvalue weighted by molar-refractivity contribution is 0.0778. The van der Waals surface area contributed by atoms with Crippen LogP contribution in [0.5, 0.6) is 0 Å². The van der Waals surface area contributed by atoms with Crippen LogP contribution in [-0.2, 0) is 13.0 Å². The summed E-state index contributed by atoms with van der Waals surface area (Å²) < 4.78 is 0. The molecule has 1 amide bonds. The van der Waals surface area contributed by atoms with E-state index in [1.165, 1.54) is 4.90 Å². The van der Waals surface area contributed by atoms with Crippen molar-refractivity contribution in [2.75, 3.05) is 26.7 Å². The van der Waals surface area contributed by atoms with E-state index < -0.39 is 6.09 Å². The molecule has 5 nitrogen and oxygen atoms in total. The first-order valence-corrected chi connectivity index (χ1v) is 6.47. The average molecular weight is 264 g/mol. The molecule has 1 saturated heterocycles. The molecule has 0 saturated carbocycles. The van der Waals surface area contributed by atoms with E-state index in [4.69, 9.17) is 5.11 Å². The normalized spacial score (nSPS) is 20.5. The predicted octanol–water partition coefficient (Wildman–Crippen LogP) is 1.02. The van der Waals surface area contributed by atoms with Crippen molar-refractivity contribution in [3.05, 3.63) is 35.4 Å². The molecular formula is C14H20N2O3. The molecule has 2 N–H and O–H groups in total. The SMILES string of the molecule is CN1CCN(C(=O)O)C(Cc2ccc(CO)cc2)C1. The topological polar surface area (TPSA) is 64.0 Å². The number of aliphatic hydroxyl groups is 1. The fraction of sp³-hybridized carbons (Fsp3) is 0.500. The van der Waals surface area contributed by atoms with Crippen molar-refractivity contribution in [2.45, 2.75) is 19.1 Å². The molecule has 1 aliphatic heterocycles. The molecule has 1 heterocycles. The Labute approximate surface area is 113 Å². The first kappa shape index (κ1) is 13.8. The molecule has 2 rings (SSSR count). The third-order valence-electron chi connectivity index (χ3n) is 3.61. The highest BCUT2D eigenvalue weighted by Crippen LogP contribution is 2.15. The summed E-state index contributed by atoms with van der Waals surface area (Å²) in [6.45, 7) is 2.14. The minimum Gasteiger partial charge on any atom is -0.465 e. The summed E-state index contributed by atoms with van der Waals surface area (Å²) in [7, 11) is 2.01. The fourth-order valence-corrected chi connectivity index (χ4v) is 2.49. The summed E-state index contributed by atoms with van der Waals surface area (Å²) in [5.41, 5.74) is 1.98. The molecule has 0 radical (unpaired) electrons. The van der Waals surface area contributed by atoms with Crippen LogP contribution in [-0.4, -0.2) is 58.8 Å². The number of carboxylic acid groups (broad SMARTS) is 1. The molecular weight excluding hydrogens is 244 g/mol. The number of nitrogens with zero attached hydrogens (tertiary/aromatic N) is 2. The number of carbonyl (C=O) groups is 1. The minimum atomic E-state index is -0.843. The lowest BCUT2D eigenvalue weighted by atomic mass is 10.0. The Balaban J connectivity index is 2.07. The fourth-order valence-electron chi connectivity index (χ4n) is 2.49. The number of hydrogen-bond donors (Lipinski definition) is 2. The highest BCUT2D eigenvalue weighted by Gasteiger charge is 2.28. The van der Waals surface area contributed by atoms with Gasteiger partial charge in [0, 0.05) is 19.6 Å². The Morgan fingerprint density at radius 3 is 2.47 bits per heavy atom. The van der Waals surface area contributed by atoms with Gasteiger partial charge in [-0.3, -0.25) is 0 Å². The van der Waals surface area contributed by atoms with Crippen LogP contribution in [0.15, 0.2) is 24.3 Å². The van der Waals surface area contributed by atoms with Crippen LogP contribution in [0.4, 0.5) is 4.79 Å². The van der Waals surface area contributed by atoms with Gasteiger partial charge in [-0.25, -0.2) is 4.79 Å². The number of piperazine rings is 1. The smallest absolute Gasteiger partial charge is 0.407 e. The van der Waals surface area contributed by atoms with E-state index >= 15 is 0 Å². The Morgan fingerprint density at radius 1 is 1.26 bits per heavy atom. The highest BCUT2D eigenvalue weighted by molar-refractivity contribution is 5.65.